The number of carbonyl (C=O) groups excluding carboxylic acids is 2. The molecule has 1 rings (SSSR count). The molecule has 0 heterocycles. The van der Waals surface area contributed by atoms with E-state index in [4.69, 9.17) is 11.6 Å². The first-order valence-electron chi connectivity index (χ1n) is 3.83. The van der Waals surface area contributed by atoms with Gasteiger partial charge in [-0.15, -0.1) is 0 Å². The van der Waals surface area contributed by atoms with Crippen molar-refractivity contribution in [2.45, 2.75) is 6.18 Å². The summed E-state index contributed by atoms with van der Waals surface area (Å²) in [6, 6.07) is 1.56. The van der Waals surface area contributed by atoms with Crippen molar-refractivity contribution in [3.8, 4) is 0 Å². The van der Waals surface area contributed by atoms with Gasteiger partial charge in [-0.3, -0.25) is 9.59 Å². The van der Waals surface area contributed by atoms with Gasteiger partial charge in [0.05, 0.1) is 5.56 Å². The minimum absolute atomic E-state index is 0.0439. The Morgan fingerprint density at radius 3 is 2.31 bits per heavy atom. The van der Waals surface area contributed by atoms with E-state index in [0.717, 1.165) is 12.1 Å². The number of hydrogen-bond donors (Lipinski definition) is 0. The second-order valence-electron chi connectivity index (χ2n) is 2.81. The molecule has 7 heteroatoms. The molecule has 0 saturated carbocycles. The summed E-state index contributed by atoms with van der Waals surface area (Å²) >= 11 is 6.72. The summed E-state index contributed by atoms with van der Waals surface area (Å²) in [5, 5.41) is -0.902. The van der Waals surface area contributed by atoms with Gasteiger partial charge in [0.25, 0.3) is 5.24 Å². The lowest BCUT2D eigenvalue weighted by atomic mass is 10.1. The van der Waals surface area contributed by atoms with Crippen molar-refractivity contribution in [1.29, 1.82) is 0 Å². The van der Waals surface area contributed by atoms with E-state index in [9.17, 15) is 22.8 Å². The fourth-order valence-corrected chi connectivity index (χ4v) is 2.11. The smallest absolute Gasteiger partial charge is 0.298 e. The molecule has 0 aliphatic rings. The van der Waals surface area contributed by atoms with Gasteiger partial charge in [-0.05, 0) is 46.3 Å². The lowest BCUT2D eigenvalue weighted by Gasteiger charge is -2.11. The topological polar surface area (TPSA) is 34.1 Å². The predicted octanol–water partition coefficient (Wildman–Crippen LogP) is 3.50. The molecule has 0 amide bonds. The molecule has 0 unspecified atom stereocenters. The Hall–Kier alpha value is -0.630. The van der Waals surface area contributed by atoms with E-state index in [1.54, 1.807) is 22.6 Å². The van der Waals surface area contributed by atoms with Gasteiger partial charge in [-0.1, -0.05) is 0 Å². The van der Waals surface area contributed by atoms with Crippen LogP contribution in [-0.2, 0) is 6.18 Å². The van der Waals surface area contributed by atoms with Gasteiger partial charge in [0.15, 0.2) is 6.29 Å². The van der Waals surface area contributed by atoms with Crippen LogP contribution in [0.5, 0.6) is 0 Å². The number of rotatable bonds is 2. The third kappa shape index (κ3) is 2.73. The summed E-state index contributed by atoms with van der Waals surface area (Å²) in [5.41, 5.74) is -1.79. The van der Waals surface area contributed by atoms with Gasteiger partial charge in [0.2, 0.25) is 0 Å². The number of halogens is 5. The maximum atomic E-state index is 12.5. The van der Waals surface area contributed by atoms with Crippen LogP contribution in [0, 0.1) is 3.57 Å². The fraction of sp³-hybridized carbons (Fsp3) is 0.111. The third-order valence-electron chi connectivity index (χ3n) is 1.78. The zero-order valence-electron chi connectivity index (χ0n) is 7.44. The molecule has 0 N–H and O–H groups in total. The highest BCUT2D eigenvalue weighted by Gasteiger charge is 2.34. The van der Waals surface area contributed by atoms with Crippen molar-refractivity contribution in [2.75, 3.05) is 0 Å². The van der Waals surface area contributed by atoms with Crippen molar-refractivity contribution in [3.05, 3.63) is 32.4 Å². The predicted molar refractivity (Wildman–Crippen MR) is 59.7 cm³/mol. The van der Waals surface area contributed by atoms with Crippen LogP contribution in [0.1, 0.15) is 26.3 Å². The van der Waals surface area contributed by atoms with Crippen LogP contribution in [0.2, 0.25) is 0 Å². The lowest BCUT2D eigenvalue weighted by molar-refractivity contribution is -0.137. The van der Waals surface area contributed by atoms with Gasteiger partial charge in [-0.2, -0.15) is 13.2 Å². The summed E-state index contributed by atoms with van der Waals surface area (Å²) in [6.07, 6.45) is -4.59. The Bertz CT molecular complexity index is 457. The number of alkyl halides is 3. The van der Waals surface area contributed by atoms with E-state index in [-0.39, 0.29) is 15.4 Å². The van der Waals surface area contributed by atoms with E-state index in [2.05, 4.69) is 0 Å². The van der Waals surface area contributed by atoms with Crippen LogP contribution in [0.15, 0.2) is 12.1 Å². The summed E-state index contributed by atoms with van der Waals surface area (Å²) in [6.45, 7) is 0. The molecule has 0 saturated heterocycles. The molecule has 1 aromatic carbocycles. The van der Waals surface area contributed by atoms with Crippen LogP contribution in [0.3, 0.4) is 0 Å². The molecular formula is C9H3ClF3IO2. The minimum Gasteiger partial charge on any atom is -0.298 e. The van der Waals surface area contributed by atoms with Crippen LogP contribution in [0.25, 0.3) is 0 Å². The highest BCUT2D eigenvalue weighted by molar-refractivity contribution is 14.1. The zero-order valence-corrected chi connectivity index (χ0v) is 10.4. The Morgan fingerprint density at radius 1 is 1.38 bits per heavy atom. The molecule has 0 spiro atoms. The van der Waals surface area contributed by atoms with E-state index in [1.807, 2.05) is 0 Å². The molecule has 0 bridgehead atoms. The Morgan fingerprint density at radius 2 is 1.94 bits per heavy atom. The second-order valence-corrected chi connectivity index (χ2v) is 4.31. The summed E-state index contributed by atoms with van der Waals surface area (Å²) in [7, 11) is 0. The first kappa shape index (κ1) is 13.4. The molecule has 0 fully saturated rings. The van der Waals surface area contributed by atoms with E-state index in [1.165, 1.54) is 0 Å². The summed E-state index contributed by atoms with van der Waals surface area (Å²) in [4.78, 5) is 21.4. The molecule has 86 valence electrons. The normalized spacial score (nSPS) is 11.3. The van der Waals surface area contributed by atoms with Crippen LogP contribution in [-0.4, -0.2) is 11.5 Å². The Labute approximate surface area is 107 Å². The van der Waals surface area contributed by atoms with Crippen LogP contribution < -0.4 is 0 Å². The van der Waals surface area contributed by atoms with Crippen LogP contribution in [0.4, 0.5) is 13.2 Å². The highest BCUT2D eigenvalue weighted by atomic mass is 127. The number of benzene rings is 1. The molecule has 0 atom stereocenters. The van der Waals surface area contributed by atoms with Crippen molar-refractivity contribution < 1.29 is 22.8 Å². The first-order chi connectivity index (χ1) is 7.27. The van der Waals surface area contributed by atoms with Crippen molar-refractivity contribution in [1.82, 2.24) is 0 Å². The van der Waals surface area contributed by atoms with Gasteiger partial charge < -0.3 is 0 Å². The highest BCUT2D eigenvalue weighted by Crippen LogP contribution is 2.33. The molecule has 0 aliphatic heterocycles. The van der Waals surface area contributed by atoms with Gasteiger partial charge in [0.1, 0.15) is 0 Å². The number of hydrogen-bond acceptors (Lipinski definition) is 2. The van der Waals surface area contributed by atoms with E-state index in [0.29, 0.717) is 0 Å². The molecule has 0 aliphatic carbocycles. The average Bonchev–Trinajstić information content (AvgIpc) is 2.15. The van der Waals surface area contributed by atoms with Gasteiger partial charge in [-0.25, -0.2) is 0 Å². The lowest BCUT2D eigenvalue weighted by Crippen LogP contribution is -2.11. The SMILES string of the molecule is O=Cc1cc(C(=O)Cl)c(I)cc1C(F)(F)F. The van der Waals surface area contributed by atoms with Crippen molar-refractivity contribution >= 4 is 45.7 Å². The number of aldehydes is 1. The fourth-order valence-electron chi connectivity index (χ4n) is 1.08. The minimum atomic E-state index is -4.63. The first-order valence-corrected chi connectivity index (χ1v) is 5.28. The van der Waals surface area contributed by atoms with Crippen LogP contribution >= 0.6 is 34.2 Å². The quantitative estimate of drug-likeness (QED) is 0.458. The Balaban J connectivity index is 3.50. The standard InChI is InChI=1S/C9H3ClF3IO2/c10-8(16)5-1-4(3-15)6(2-7(5)14)9(11,12)13/h1-3H. The Kier molecular flexibility index (Phi) is 3.95. The maximum Gasteiger partial charge on any atom is 0.417 e. The average molecular weight is 362 g/mol. The van der Waals surface area contributed by atoms with Gasteiger partial charge >= 0.3 is 6.18 Å². The molecular weight excluding hydrogens is 359 g/mol. The van der Waals surface area contributed by atoms with E-state index < -0.39 is 22.5 Å². The van der Waals surface area contributed by atoms with E-state index >= 15 is 0 Å². The maximum absolute atomic E-state index is 12.5. The third-order valence-corrected chi connectivity index (χ3v) is 2.88. The molecule has 0 radical (unpaired) electrons. The monoisotopic (exact) mass is 362 g/mol. The second kappa shape index (κ2) is 4.70. The summed E-state index contributed by atoms with van der Waals surface area (Å²) in [5.74, 6) is 0. The zero-order chi connectivity index (χ0) is 12.5. The molecule has 2 nitrogen and oxygen atoms in total. The number of carbonyl (C=O) groups is 2. The molecule has 0 aromatic heterocycles. The molecule has 16 heavy (non-hydrogen) atoms. The molecule has 1 aromatic rings. The van der Waals surface area contributed by atoms with Crippen molar-refractivity contribution in [3.63, 3.8) is 0 Å². The van der Waals surface area contributed by atoms with Gasteiger partial charge in [0, 0.05) is 14.7 Å². The largest absolute Gasteiger partial charge is 0.417 e. The van der Waals surface area contributed by atoms with Crippen molar-refractivity contribution in [2.24, 2.45) is 0 Å². The summed E-state index contributed by atoms with van der Waals surface area (Å²) < 4.78 is 37.5.